The van der Waals surface area contributed by atoms with Crippen molar-refractivity contribution >= 4 is 17.7 Å². The van der Waals surface area contributed by atoms with E-state index < -0.39 is 0 Å². The quantitative estimate of drug-likeness (QED) is 0.832. The number of hydrogen-bond acceptors (Lipinski definition) is 4. The lowest BCUT2D eigenvalue weighted by Crippen LogP contribution is -2.28. The average molecular weight is 304 g/mol. The number of aromatic nitrogens is 3. The van der Waals surface area contributed by atoms with Crippen LogP contribution in [0.25, 0.3) is 0 Å². The minimum Gasteiger partial charge on any atom is -0.349 e. The summed E-state index contributed by atoms with van der Waals surface area (Å²) in [5.41, 5.74) is 1.10. The van der Waals surface area contributed by atoms with E-state index in [1.807, 2.05) is 55.8 Å². The second-order valence-electron chi connectivity index (χ2n) is 4.80. The summed E-state index contributed by atoms with van der Waals surface area (Å²) in [6.07, 6.45) is 0.835. The fourth-order valence-corrected chi connectivity index (χ4v) is 2.76. The Hall–Kier alpha value is -1.82. The predicted octanol–water partition coefficient (Wildman–Crippen LogP) is 2.35. The van der Waals surface area contributed by atoms with Gasteiger partial charge in [-0.1, -0.05) is 49.0 Å². The zero-order valence-corrected chi connectivity index (χ0v) is 13.4. The Morgan fingerprint density at radius 1 is 1.33 bits per heavy atom. The summed E-state index contributed by atoms with van der Waals surface area (Å²) in [4.78, 5) is 12.0. The van der Waals surface area contributed by atoms with Gasteiger partial charge in [-0.15, -0.1) is 10.2 Å². The van der Waals surface area contributed by atoms with Crippen LogP contribution in [-0.4, -0.2) is 26.4 Å². The van der Waals surface area contributed by atoms with Crippen molar-refractivity contribution in [3.05, 3.63) is 41.7 Å². The van der Waals surface area contributed by atoms with Crippen LogP contribution in [0.1, 0.15) is 31.3 Å². The molecule has 112 valence electrons. The van der Waals surface area contributed by atoms with Crippen LogP contribution < -0.4 is 5.32 Å². The van der Waals surface area contributed by atoms with E-state index in [2.05, 4.69) is 15.5 Å². The highest BCUT2D eigenvalue weighted by molar-refractivity contribution is 7.99. The molecule has 0 fully saturated rings. The number of rotatable bonds is 6. The molecule has 0 saturated heterocycles. The predicted molar refractivity (Wildman–Crippen MR) is 84.1 cm³/mol. The highest BCUT2D eigenvalue weighted by atomic mass is 32.2. The molecule has 21 heavy (non-hydrogen) atoms. The maximum absolute atomic E-state index is 12.0. The minimum atomic E-state index is -0.00241. The van der Waals surface area contributed by atoms with Crippen molar-refractivity contribution in [2.45, 2.75) is 31.5 Å². The fraction of sp³-hybridized carbons (Fsp3) is 0.400. The van der Waals surface area contributed by atoms with Crippen LogP contribution in [0, 0.1) is 0 Å². The van der Waals surface area contributed by atoms with Gasteiger partial charge in [0.1, 0.15) is 5.82 Å². The molecular weight excluding hydrogens is 284 g/mol. The summed E-state index contributed by atoms with van der Waals surface area (Å²) in [6, 6.07) is 9.93. The van der Waals surface area contributed by atoms with Gasteiger partial charge in [-0.25, -0.2) is 0 Å². The molecule has 0 saturated carbocycles. The zero-order chi connectivity index (χ0) is 15.2. The molecule has 1 atom stereocenters. The lowest BCUT2D eigenvalue weighted by Gasteiger charge is -2.13. The molecule has 2 rings (SSSR count). The molecule has 1 N–H and O–H groups in total. The molecule has 6 heteroatoms. The summed E-state index contributed by atoms with van der Waals surface area (Å²) in [5, 5.41) is 11.9. The SMILES string of the molecule is CCc1nnc(SCC(=O)NC(C)c2ccccc2)n1C. The van der Waals surface area contributed by atoms with Gasteiger partial charge in [0, 0.05) is 13.5 Å². The van der Waals surface area contributed by atoms with Crippen molar-refractivity contribution in [1.82, 2.24) is 20.1 Å². The van der Waals surface area contributed by atoms with E-state index >= 15 is 0 Å². The van der Waals surface area contributed by atoms with Gasteiger partial charge < -0.3 is 9.88 Å². The van der Waals surface area contributed by atoms with Crippen LogP contribution >= 0.6 is 11.8 Å². The van der Waals surface area contributed by atoms with E-state index in [1.54, 1.807) is 0 Å². The Balaban J connectivity index is 1.86. The Bertz CT molecular complexity index is 597. The topological polar surface area (TPSA) is 59.8 Å². The number of aryl methyl sites for hydroxylation is 1. The van der Waals surface area contributed by atoms with Crippen molar-refractivity contribution < 1.29 is 4.79 Å². The third-order valence-corrected chi connectivity index (χ3v) is 4.27. The smallest absolute Gasteiger partial charge is 0.230 e. The highest BCUT2D eigenvalue weighted by Gasteiger charge is 2.12. The second kappa shape index (κ2) is 7.26. The Morgan fingerprint density at radius 2 is 2.05 bits per heavy atom. The van der Waals surface area contributed by atoms with Crippen LogP contribution in [0.5, 0.6) is 0 Å². The molecule has 1 aromatic heterocycles. The standard InChI is InChI=1S/C15H20N4OS/c1-4-13-17-18-15(19(13)3)21-10-14(20)16-11(2)12-8-6-5-7-9-12/h5-9,11H,4,10H2,1-3H3,(H,16,20). The molecule has 1 unspecified atom stereocenters. The largest absolute Gasteiger partial charge is 0.349 e. The van der Waals surface area contributed by atoms with Crippen LogP contribution in [-0.2, 0) is 18.3 Å². The molecule has 0 spiro atoms. The van der Waals surface area contributed by atoms with E-state index in [4.69, 9.17) is 0 Å². The zero-order valence-electron chi connectivity index (χ0n) is 12.5. The molecule has 0 aliphatic rings. The molecule has 0 bridgehead atoms. The van der Waals surface area contributed by atoms with Gasteiger partial charge in [0.15, 0.2) is 5.16 Å². The van der Waals surface area contributed by atoms with Gasteiger partial charge in [-0.3, -0.25) is 4.79 Å². The van der Waals surface area contributed by atoms with Crippen LogP contribution in [0.3, 0.4) is 0 Å². The van der Waals surface area contributed by atoms with Gasteiger partial charge >= 0.3 is 0 Å². The van der Waals surface area contributed by atoms with Gasteiger partial charge in [-0.05, 0) is 12.5 Å². The molecule has 1 aromatic carbocycles. The summed E-state index contributed by atoms with van der Waals surface area (Å²) in [7, 11) is 1.92. The summed E-state index contributed by atoms with van der Waals surface area (Å²) in [6.45, 7) is 4.02. The van der Waals surface area contributed by atoms with E-state index in [-0.39, 0.29) is 11.9 Å². The first kappa shape index (κ1) is 15.6. The second-order valence-corrected chi connectivity index (χ2v) is 5.74. The van der Waals surface area contributed by atoms with Crippen molar-refractivity contribution in [3.63, 3.8) is 0 Å². The third kappa shape index (κ3) is 4.07. The normalized spacial score (nSPS) is 12.1. The number of thioether (sulfide) groups is 1. The molecule has 2 aromatic rings. The minimum absolute atomic E-state index is 0.00241. The number of nitrogens with zero attached hydrogens (tertiary/aromatic N) is 3. The summed E-state index contributed by atoms with van der Waals surface area (Å²) < 4.78 is 1.93. The summed E-state index contributed by atoms with van der Waals surface area (Å²) >= 11 is 1.41. The van der Waals surface area contributed by atoms with Gasteiger partial charge in [0.25, 0.3) is 0 Å². The molecule has 0 radical (unpaired) electrons. The van der Waals surface area contributed by atoms with Gasteiger partial charge in [0.2, 0.25) is 5.91 Å². The van der Waals surface area contributed by atoms with Gasteiger partial charge in [-0.2, -0.15) is 0 Å². The Labute approximate surface area is 129 Å². The maximum atomic E-state index is 12.0. The van der Waals surface area contributed by atoms with E-state index in [1.165, 1.54) is 11.8 Å². The number of benzene rings is 1. The van der Waals surface area contributed by atoms with Crippen LogP contribution in [0.15, 0.2) is 35.5 Å². The number of hydrogen-bond donors (Lipinski definition) is 1. The van der Waals surface area contributed by atoms with Crippen molar-refractivity contribution in [1.29, 1.82) is 0 Å². The van der Waals surface area contributed by atoms with E-state index in [0.717, 1.165) is 23.0 Å². The van der Waals surface area contributed by atoms with Crippen molar-refractivity contribution in [2.24, 2.45) is 7.05 Å². The van der Waals surface area contributed by atoms with Crippen molar-refractivity contribution in [2.75, 3.05) is 5.75 Å². The van der Waals surface area contributed by atoms with Crippen LogP contribution in [0.4, 0.5) is 0 Å². The first-order valence-corrected chi connectivity index (χ1v) is 7.95. The molecule has 1 heterocycles. The molecule has 5 nitrogen and oxygen atoms in total. The fourth-order valence-electron chi connectivity index (χ4n) is 2.02. The first-order chi connectivity index (χ1) is 10.1. The highest BCUT2D eigenvalue weighted by Crippen LogP contribution is 2.16. The number of carbonyl (C=O) groups excluding carboxylic acids is 1. The molecule has 1 amide bonds. The van der Waals surface area contributed by atoms with Crippen molar-refractivity contribution in [3.8, 4) is 0 Å². The average Bonchev–Trinajstić information content (AvgIpc) is 2.86. The molecule has 0 aliphatic heterocycles. The van der Waals surface area contributed by atoms with Crippen LogP contribution in [0.2, 0.25) is 0 Å². The lowest BCUT2D eigenvalue weighted by atomic mass is 10.1. The van der Waals surface area contributed by atoms with Gasteiger partial charge in [0.05, 0.1) is 11.8 Å². The summed E-state index contributed by atoms with van der Waals surface area (Å²) in [5.74, 6) is 1.26. The lowest BCUT2D eigenvalue weighted by molar-refractivity contribution is -0.119. The third-order valence-electron chi connectivity index (χ3n) is 3.25. The monoisotopic (exact) mass is 304 g/mol. The maximum Gasteiger partial charge on any atom is 0.230 e. The number of nitrogens with one attached hydrogen (secondary N) is 1. The number of amides is 1. The first-order valence-electron chi connectivity index (χ1n) is 6.97. The molecule has 0 aliphatic carbocycles. The molecular formula is C15H20N4OS. The van der Waals surface area contributed by atoms with E-state index in [0.29, 0.717) is 5.75 Å². The number of carbonyl (C=O) groups is 1. The Kier molecular flexibility index (Phi) is 5.38. The Morgan fingerprint density at radius 3 is 2.67 bits per heavy atom. The van der Waals surface area contributed by atoms with E-state index in [9.17, 15) is 4.79 Å².